The van der Waals surface area contributed by atoms with Gasteiger partial charge in [-0.25, -0.2) is 4.79 Å². The number of hydrogen-bond acceptors (Lipinski definition) is 4. The topological polar surface area (TPSA) is 38.8 Å². The van der Waals surface area contributed by atoms with Crippen LogP contribution in [0.25, 0.3) is 0 Å². The first-order chi connectivity index (χ1) is 9.65. The number of carbonyl (C=O) groups excluding carboxylic acids is 1. The normalized spacial score (nSPS) is 15.9. The van der Waals surface area contributed by atoms with Crippen LogP contribution < -0.4 is 4.90 Å². The van der Waals surface area contributed by atoms with Crippen LogP contribution in [0.4, 0.5) is 5.69 Å². The molecule has 1 aliphatic rings. The van der Waals surface area contributed by atoms with Crippen LogP contribution in [-0.4, -0.2) is 38.9 Å². The van der Waals surface area contributed by atoms with Crippen LogP contribution in [0.2, 0.25) is 0 Å². The first-order valence-corrected chi connectivity index (χ1v) is 7.68. The number of hydrogen-bond donors (Lipinski definition) is 0. The highest BCUT2D eigenvalue weighted by molar-refractivity contribution is 9.10. The molecule has 4 nitrogen and oxygen atoms in total. The van der Waals surface area contributed by atoms with Gasteiger partial charge in [-0.15, -0.1) is 0 Å². The van der Waals surface area contributed by atoms with Crippen LogP contribution >= 0.6 is 15.9 Å². The first kappa shape index (κ1) is 15.3. The predicted octanol–water partition coefficient (Wildman–Crippen LogP) is 3.24. The molecule has 1 heterocycles. The van der Waals surface area contributed by atoms with Crippen molar-refractivity contribution in [3.05, 3.63) is 28.2 Å². The van der Waals surface area contributed by atoms with Crippen molar-refractivity contribution in [2.75, 3.05) is 31.8 Å². The van der Waals surface area contributed by atoms with Crippen molar-refractivity contribution in [3.63, 3.8) is 0 Å². The van der Waals surface area contributed by atoms with E-state index in [-0.39, 0.29) is 5.97 Å². The van der Waals surface area contributed by atoms with E-state index in [1.165, 1.54) is 7.11 Å². The molecule has 1 saturated heterocycles. The number of halogens is 1. The van der Waals surface area contributed by atoms with Gasteiger partial charge in [-0.1, -0.05) is 15.9 Å². The Morgan fingerprint density at radius 2 is 2.10 bits per heavy atom. The minimum Gasteiger partial charge on any atom is -0.465 e. The Bertz CT molecular complexity index is 472. The number of anilines is 1. The van der Waals surface area contributed by atoms with Crippen LogP contribution in [0, 0.1) is 0 Å². The molecule has 1 fully saturated rings. The lowest BCUT2D eigenvalue weighted by Crippen LogP contribution is -2.39. The Morgan fingerprint density at radius 3 is 2.70 bits per heavy atom. The molecule has 1 aromatic rings. The summed E-state index contributed by atoms with van der Waals surface area (Å²) in [5.74, 6) is -0.310. The molecule has 0 atom stereocenters. The predicted molar refractivity (Wildman–Crippen MR) is 82.3 cm³/mol. The highest BCUT2D eigenvalue weighted by Gasteiger charge is 2.22. The van der Waals surface area contributed by atoms with Crippen molar-refractivity contribution in [1.29, 1.82) is 0 Å². The first-order valence-electron chi connectivity index (χ1n) is 6.89. The van der Waals surface area contributed by atoms with Crippen molar-refractivity contribution in [3.8, 4) is 0 Å². The van der Waals surface area contributed by atoms with E-state index in [4.69, 9.17) is 9.47 Å². The number of ether oxygens (including phenoxy) is 2. The van der Waals surface area contributed by atoms with Gasteiger partial charge < -0.3 is 14.4 Å². The SMILES string of the molecule is CCN(c1cc(Br)cc(C(=O)OC)c1)C1CCOCC1. The highest BCUT2D eigenvalue weighted by atomic mass is 79.9. The smallest absolute Gasteiger partial charge is 0.337 e. The Balaban J connectivity index is 2.28. The quantitative estimate of drug-likeness (QED) is 0.788. The van der Waals surface area contributed by atoms with Gasteiger partial charge in [0.2, 0.25) is 0 Å². The molecule has 1 aliphatic heterocycles. The van der Waals surface area contributed by atoms with Crippen LogP contribution in [0.15, 0.2) is 22.7 Å². The maximum atomic E-state index is 11.7. The van der Waals surface area contributed by atoms with E-state index in [0.29, 0.717) is 11.6 Å². The maximum Gasteiger partial charge on any atom is 0.337 e. The summed E-state index contributed by atoms with van der Waals surface area (Å²) in [5.41, 5.74) is 1.62. The Hall–Kier alpha value is -1.07. The van der Waals surface area contributed by atoms with Gasteiger partial charge in [-0.2, -0.15) is 0 Å². The van der Waals surface area contributed by atoms with Gasteiger partial charge in [0.1, 0.15) is 0 Å². The Labute approximate surface area is 128 Å². The summed E-state index contributed by atoms with van der Waals surface area (Å²) < 4.78 is 11.1. The third-order valence-corrected chi connectivity index (χ3v) is 4.07. The van der Waals surface area contributed by atoms with Gasteiger partial charge in [-0.05, 0) is 38.0 Å². The summed E-state index contributed by atoms with van der Waals surface area (Å²) >= 11 is 3.47. The van der Waals surface area contributed by atoms with E-state index in [9.17, 15) is 4.79 Å². The molecule has 2 rings (SSSR count). The zero-order valence-electron chi connectivity index (χ0n) is 11.9. The molecular formula is C15H20BrNO3. The maximum absolute atomic E-state index is 11.7. The fourth-order valence-electron chi connectivity index (χ4n) is 2.62. The fraction of sp³-hybridized carbons (Fsp3) is 0.533. The van der Waals surface area contributed by atoms with Crippen molar-refractivity contribution < 1.29 is 14.3 Å². The molecule has 0 aliphatic carbocycles. The third kappa shape index (κ3) is 3.52. The zero-order valence-corrected chi connectivity index (χ0v) is 13.5. The number of methoxy groups -OCH3 is 1. The van der Waals surface area contributed by atoms with Crippen molar-refractivity contribution in [1.82, 2.24) is 0 Å². The molecule has 0 bridgehead atoms. The molecule has 20 heavy (non-hydrogen) atoms. The second-order valence-electron chi connectivity index (χ2n) is 4.82. The molecule has 0 unspecified atom stereocenters. The largest absolute Gasteiger partial charge is 0.465 e. The van der Waals surface area contributed by atoms with Gasteiger partial charge >= 0.3 is 5.97 Å². The molecule has 5 heteroatoms. The Kier molecular flexibility index (Phi) is 5.43. The van der Waals surface area contributed by atoms with E-state index in [2.05, 4.69) is 27.8 Å². The third-order valence-electron chi connectivity index (χ3n) is 3.61. The van der Waals surface area contributed by atoms with E-state index in [0.717, 1.165) is 42.8 Å². The average molecular weight is 342 g/mol. The molecule has 0 amide bonds. The summed E-state index contributed by atoms with van der Waals surface area (Å²) in [6.07, 6.45) is 2.04. The average Bonchev–Trinajstić information content (AvgIpc) is 2.48. The molecule has 110 valence electrons. The number of benzene rings is 1. The lowest BCUT2D eigenvalue weighted by Gasteiger charge is -2.35. The molecule has 0 N–H and O–H groups in total. The van der Waals surface area contributed by atoms with Gasteiger partial charge in [0.25, 0.3) is 0 Å². The minimum atomic E-state index is -0.310. The van der Waals surface area contributed by atoms with Crippen LogP contribution in [0.3, 0.4) is 0 Å². The van der Waals surface area contributed by atoms with E-state index in [1.54, 1.807) is 6.07 Å². The van der Waals surface area contributed by atoms with E-state index < -0.39 is 0 Å². The molecule has 0 saturated carbocycles. The number of esters is 1. The monoisotopic (exact) mass is 341 g/mol. The standard InChI is InChI=1S/C15H20BrNO3/c1-3-17(13-4-6-20-7-5-13)14-9-11(15(18)19-2)8-12(16)10-14/h8-10,13H,3-7H2,1-2H3. The summed E-state index contributed by atoms with van der Waals surface area (Å²) in [4.78, 5) is 14.1. The van der Waals surface area contributed by atoms with Crippen molar-refractivity contribution >= 4 is 27.6 Å². The second kappa shape index (κ2) is 7.09. The number of nitrogens with zero attached hydrogens (tertiary/aromatic N) is 1. The summed E-state index contributed by atoms with van der Waals surface area (Å²) in [7, 11) is 1.40. The van der Waals surface area contributed by atoms with E-state index >= 15 is 0 Å². The van der Waals surface area contributed by atoms with Gasteiger partial charge in [0, 0.05) is 36.0 Å². The van der Waals surface area contributed by atoms with E-state index in [1.807, 2.05) is 12.1 Å². The summed E-state index contributed by atoms with van der Waals surface area (Å²) in [6, 6.07) is 6.20. The van der Waals surface area contributed by atoms with Crippen LogP contribution in [0.5, 0.6) is 0 Å². The van der Waals surface area contributed by atoms with Gasteiger partial charge in [0.15, 0.2) is 0 Å². The van der Waals surface area contributed by atoms with Crippen LogP contribution in [-0.2, 0) is 9.47 Å². The number of rotatable bonds is 4. The zero-order chi connectivity index (χ0) is 14.5. The summed E-state index contributed by atoms with van der Waals surface area (Å²) in [6.45, 7) is 4.65. The number of carbonyl (C=O) groups is 1. The molecule has 1 aromatic carbocycles. The van der Waals surface area contributed by atoms with Gasteiger partial charge in [-0.3, -0.25) is 0 Å². The van der Waals surface area contributed by atoms with Crippen molar-refractivity contribution in [2.24, 2.45) is 0 Å². The second-order valence-corrected chi connectivity index (χ2v) is 5.73. The molecule has 0 aromatic heterocycles. The minimum absolute atomic E-state index is 0.310. The fourth-order valence-corrected chi connectivity index (χ4v) is 3.11. The molecular weight excluding hydrogens is 322 g/mol. The van der Waals surface area contributed by atoms with Crippen LogP contribution in [0.1, 0.15) is 30.1 Å². The van der Waals surface area contributed by atoms with Gasteiger partial charge in [0.05, 0.1) is 12.7 Å². The Morgan fingerprint density at radius 1 is 1.40 bits per heavy atom. The summed E-state index contributed by atoms with van der Waals surface area (Å²) in [5, 5.41) is 0. The highest BCUT2D eigenvalue weighted by Crippen LogP contribution is 2.27. The molecule has 0 spiro atoms. The lowest BCUT2D eigenvalue weighted by molar-refractivity contribution is 0.0600. The van der Waals surface area contributed by atoms with Crippen molar-refractivity contribution in [2.45, 2.75) is 25.8 Å². The molecule has 0 radical (unpaired) electrons. The lowest BCUT2D eigenvalue weighted by atomic mass is 10.1.